The van der Waals surface area contributed by atoms with Crippen molar-refractivity contribution in [1.29, 1.82) is 0 Å². The zero-order valence-electron chi connectivity index (χ0n) is 12.4. The van der Waals surface area contributed by atoms with E-state index in [-0.39, 0.29) is 0 Å². The smallest absolute Gasteiger partial charge is 0.0304 e. The summed E-state index contributed by atoms with van der Waals surface area (Å²) in [5, 5.41) is 3.76. The summed E-state index contributed by atoms with van der Waals surface area (Å²) < 4.78 is 0. The molecule has 102 valence electrons. The number of rotatable bonds is 7. The largest absolute Gasteiger partial charge is 0.309 e. The van der Waals surface area contributed by atoms with E-state index in [1.54, 1.807) is 0 Å². The molecule has 0 aliphatic carbocycles. The van der Waals surface area contributed by atoms with E-state index in [2.05, 4.69) is 37.9 Å². The average molecular weight is 240 g/mol. The number of nitrogens with zero attached hydrogens (tertiary/aromatic N) is 1. The van der Waals surface area contributed by atoms with Gasteiger partial charge in [-0.2, -0.15) is 0 Å². The van der Waals surface area contributed by atoms with E-state index in [9.17, 15) is 0 Å². The van der Waals surface area contributed by atoms with Gasteiger partial charge in [-0.15, -0.1) is 0 Å². The number of hydrogen-bond acceptors (Lipinski definition) is 2. The van der Waals surface area contributed by atoms with E-state index in [0.717, 1.165) is 6.04 Å². The van der Waals surface area contributed by atoms with Gasteiger partial charge in [0.05, 0.1) is 0 Å². The van der Waals surface area contributed by atoms with Gasteiger partial charge in [-0.05, 0) is 25.7 Å². The van der Waals surface area contributed by atoms with Crippen LogP contribution in [0.25, 0.3) is 0 Å². The molecule has 1 aliphatic rings. The molecule has 1 rings (SSSR count). The molecule has 1 atom stereocenters. The van der Waals surface area contributed by atoms with Crippen LogP contribution in [0.1, 0.15) is 66.2 Å². The zero-order chi connectivity index (χ0) is 12.7. The van der Waals surface area contributed by atoms with Crippen molar-refractivity contribution in [3.63, 3.8) is 0 Å². The van der Waals surface area contributed by atoms with Crippen LogP contribution in [0.3, 0.4) is 0 Å². The second-order valence-corrected chi connectivity index (χ2v) is 5.59. The molecule has 2 heteroatoms. The molecule has 1 aliphatic heterocycles. The summed E-state index contributed by atoms with van der Waals surface area (Å²) in [6, 6.07) is 0.814. The molecule has 0 bridgehead atoms. The first-order valence-corrected chi connectivity index (χ1v) is 7.70. The minimum atomic E-state index is 0.387. The van der Waals surface area contributed by atoms with Crippen LogP contribution in [0, 0.1) is 0 Å². The van der Waals surface area contributed by atoms with E-state index < -0.39 is 0 Å². The first kappa shape index (κ1) is 15.0. The number of unbranched alkanes of at least 4 members (excludes halogenated alkanes) is 1. The minimum absolute atomic E-state index is 0.387. The van der Waals surface area contributed by atoms with Crippen molar-refractivity contribution in [2.45, 2.75) is 77.8 Å². The summed E-state index contributed by atoms with van der Waals surface area (Å²) in [5.41, 5.74) is 0.387. The molecule has 0 aromatic rings. The third-order valence-corrected chi connectivity index (χ3v) is 4.64. The fourth-order valence-electron chi connectivity index (χ4n) is 3.11. The topological polar surface area (TPSA) is 15.3 Å². The fraction of sp³-hybridized carbons (Fsp3) is 1.00. The van der Waals surface area contributed by atoms with Crippen molar-refractivity contribution in [2.75, 3.05) is 19.6 Å². The van der Waals surface area contributed by atoms with Crippen LogP contribution in [0.2, 0.25) is 0 Å². The highest BCUT2D eigenvalue weighted by Gasteiger charge is 2.33. The zero-order valence-corrected chi connectivity index (χ0v) is 12.4. The Bertz CT molecular complexity index is 199. The number of piperazine rings is 1. The summed E-state index contributed by atoms with van der Waals surface area (Å²) >= 11 is 0. The van der Waals surface area contributed by atoms with Gasteiger partial charge < -0.3 is 5.32 Å². The van der Waals surface area contributed by atoms with Gasteiger partial charge in [0.1, 0.15) is 0 Å². The van der Waals surface area contributed by atoms with Gasteiger partial charge in [-0.1, -0.05) is 40.5 Å². The Morgan fingerprint density at radius 1 is 1.18 bits per heavy atom. The van der Waals surface area contributed by atoms with Crippen molar-refractivity contribution in [2.24, 2.45) is 0 Å². The molecular weight excluding hydrogens is 208 g/mol. The van der Waals surface area contributed by atoms with Gasteiger partial charge >= 0.3 is 0 Å². The van der Waals surface area contributed by atoms with Crippen molar-refractivity contribution < 1.29 is 0 Å². The first-order valence-electron chi connectivity index (χ1n) is 7.70. The predicted molar refractivity (Wildman–Crippen MR) is 76.5 cm³/mol. The van der Waals surface area contributed by atoms with Gasteiger partial charge in [-0.25, -0.2) is 0 Å². The number of hydrogen-bond donors (Lipinski definition) is 1. The van der Waals surface area contributed by atoms with E-state index in [1.165, 1.54) is 58.2 Å². The van der Waals surface area contributed by atoms with Gasteiger partial charge in [0.25, 0.3) is 0 Å². The maximum absolute atomic E-state index is 3.76. The average Bonchev–Trinajstić information content (AvgIpc) is 2.40. The quantitative estimate of drug-likeness (QED) is 0.733. The SMILES string of the molecule is CCCCC(CC)N1CCNC(CC)(CC)C1. The Balaban J connectivity index is 2.57. The standard InChI is InChI=1S/C15H32N2/c1-5-9-10-14(6-2)17-12-11-16-15(7-3,8-4)13-17/h14,16H,5-13H2,1-4H3. The van der Waals surface area contributed by atoms with Crippen LogP contribution >= 0.6 is 0 Å². The summed E-state index contributed by atoms with van der Waals surface area (Å²) in [5.74, 6) is 0. The molecule has 0 aromatic heterocycles. The third kappa shape index (κ3) is 3.96. The second-order valence-electron chi connectivity index (χ2n) is 5.59. The Morgan fingerprint density at radius 2 is 1.88 bits per heavy atom. The van der Waals surface area contributed by atoms with Gasteiger partial charge in [-0.3, -0.25) is 4.90 Å². The first-order chi connectivity index (χ1) is 8.21. The maximum Gasteiger partial charge on any atom is 0.0304 e. The van der Waals surface area contributed by atoms with Crippen LogP contribution in [-0.2, 0) is 0 Å². The molecule has 0 radical (unpaired) electrons. The molecule has 0 amide bonds. The fourth-order valence-corrected chi connectivity index (χ4v) is 3.11. The highest BCUT2D eigenvalue weighted by Crippen LogP contribution is 2.23. The molecule has 0 saturated carbocycles. The Kier molecular flexibility index (Phi) is 6.50. The molecule has 0 spiro atoms. The van der Waals surface area contributed by atoms with Crippen molar-refractivity contribution in [1.82, 2.24) is 10.2 Å². The third-order valence-electron chi connectivity index (χ3n) is 4.64. The molecular formula is C15H32N2. The van der Waals surface area contributed by atoms with Crippen LogP contribution in [0.15, 0.2) is 0 Å². The summed E-state index contributed by atoms with van der Waals surface area (Å²) in [7, 11) is 0. The van der Waals surface area contributed by atoms with E-state index in [0.29, 0.717) is 5.54 Å². The molecule has 1 saturated heterocycles. The maximum atomic E-state index is 3.76. The Morgan fingerprint density at radius 3 is 2.41 bits per heavy atom. The van der Waals surface area contributed by atoms with Crippen molar-refractivity contribution in [3.8, 4) is 0 Å². The highest BCUT2D eigenvalue weighted by molar-refractivity contribution is 4.94. The summed E-state index contributed by atoms with van der Waals surface area (Å²) in [4.78, 5) is 2.75. The van der Waals surface area contributed by atoms with Crippen molar-refractivity contribution in [3.05, 3.63) is 0 Å². The van der Waals surface area contributed by atoms with E-state index in [1.807, 2.05) is 0 Å². The molecule has 1 N–H and O–H groups in total. The van der Waals surface area contributed by atoms with Crippen LogP contribution < -0.4 is 5.32 Å². The molecule has 0 aromatic carbocycles. The predicted octanol–water partition coefficient (Wildman–Crippen LogP) is 3.42. The van der Waals surface area contributed by atoms with Crippen molar-refractivity contribution >= 4 is 0 Å². The lowest BCUT2D eigenvalue weighted by Crippen LogP contribution is -2.61. The molecule has 1 unspecified atom stereocenters. The summed E-state index contributed by atoms with van der Waals surface area (Å²) in [6.07, 6.45) is 7.91. The summed E-state index contributed by atoms with van der Waals surface area (Å²) in [6.45, 7) is 13.0. The molecule has 1 heterocycles. The lowest BCUT2D eigenvalue weighted by molar-refractivity contribution is 0.0788. The molecule has 2 nitrogen and oxygen atoms in total. The highest BCUT2D eigenvalue weighted by atomic mass is 15.2. The van der Waals surface area contributed by atoms with E-state index in [4.69, 9.17) is 0 Å². The van der Waals surface area contributed by atoms with Crippen LogP contribution in [0.4, 0.5) is 0 Å². The van der Waals surface area contributed by atoms with Gasteiger partial charge in [0.2, 0.25) is 0 Å². The lowest BCUT2D eigenvalue weighted by atomic mass is 9.89. The van der Waals surface area contributed by atoms with Crippen LogP contribution in [-0.4, -0.2) is 36.1 Å². The Labute approximate surface area is 108 Å². The molecule has 17 heavy (non-hydrogen) atoms. The van der Waals surface area contributed by atoms with Gasteiger partial charge in [0.15, 0.2) is 0 Å². The van der Waals surface area contributed by atoms with E-state index >= 15 is 0 Å². The second kappa shape index (κ2) is 7.38. The monoisotopic (exact) mass is 240 g/mol. The number of nitrogens with one attached hydrogen (secondary N) is 1. The van der Waals surface area contributed by atoms with Gasteiger partial charge in [0, 0.05) is 31.2 Å². The minimum Gasteiger partial charge on any atom is -0.309 e. The van der Waals surface area contributed by atoms with Crippen LogP contribution in [0.5, 0.6) is 0 Å². The normalized spacial score (nSPS) is 22.6. The molecule has 1 fully saturated rings. The lowest BCUT2D eigenvalue weighted by Gasteiger charge is -2.46. The Hall–Kier alpha value is -0.0800.